The lowest BCUT2D eigenvalue weighted by Gasteiger charge is -2.15. The Balaban J connectivity index is 1.86. The van der Waals surface area contributed by atoms with E-state index >= 15 is 0 Å². The van der Waals surface area contributed by atoms with Crippen LogP contribution in [-0.4, -0.2) is 12.5 Å². The molecule has 3 aromatic rings. The summed E-state index contributed by atoms with van der Waals surface area (Å²) in [5.41, 5.74) is 3.33. The predicted molar refractivity (Wildman–Crippen MR) is 135 cm³/mol. The van der Waals surface area contributed by atoms with Gasteiger partial charge in [-0.3, -0.25) is 4.79 Å². The van der Waals surface area contributed by atoms with Crippen molar-refractivity contribution in [2.24, 2.45) is 0 Å². The summed E-state index contributed by atoms with van der Waals surface area (Å²) in [6.07, 6.45) is 1.55. The molecule has 0 saturated carbocycles. The molecule has 6 heteroatoms. The third-order valence-electron chi connectivity index (χ3n) is 4.63. The number of ether oxygens (including phenoxy) is 2. The number of halogens is 1. The van der Waals surface area contributed by atoms with Crippen molar-refractivity contribution in [1.29, 1.82) is 5.26 Å². The fourth-order valence-electron chi connectivity index (χ4n) is 3.02. The fourth-order valence-corrected chi connectivity index (χ4v) is 3.80. The molecule has 0 radical (unpaired) electrons. The Hall–Kier alpha value is -3.31. The molecule has 0 bridgehead atoms. The van der Waals surface area contributed by atoms with Crippen molar-refractivity contribution < 1.29 is 14.3 Å². The molecule has 3 aromatic carbocycles. The number of carbonyl (C=O) groups excluding carboxylic acids is 1. The van der Waals surface area contributed by atoms with Gasteiger partial charge >= 0.3 is 0 Å². The number of nitriles is 1. The summed E-state index contributed by atoms with van der Waals surface area (Å²) >= 11 is 2.18. The number of hydrogen-bond donors (Lipinski definition) is 1. The summed E-state index contributed by atoms with van der Waals surface area (Å²) < 4.78 is 12.7. The lowest BCUT2D eigenvalue weighted by atomic mass is 10.1. The first-order chi connectivity index (χ1) is 15.5. The molecule has 0 fully saturated rings. The Labute approximate surface area is 201 Å². The van der Waals surface area contributed by atoms with Gasteiger partial charge in [0.2, 0.25) is 0 Å². The summed E-state index contributed by atoms with van der Waals surface area (Å²) in [5.74, 6) is 0.744. The Bertz CT molecular complexity index is 1170. The number of nitrogens with zero attached hydrogens (tertiary/aromatic N) is 1. The van der Waals surface area contributed by atoms with Gasteiger partial charge in [0.25, 0.3) is 5.91 Å². The highest BCUT2D eigenvalue weighted by Crippen LogP contribution is 2.35. The van der Waals surface area contributed by atoms with Gasteiger partial charge in [-0.05, 0) is 77.4 Å². The van der Waals surface area contributed by atoms with E-state index in [2.05, 4.69) is 27.9 Å². The standard InChI is InChI=1S/C26H23IN2O3/c1-3-31-24-15-20(14-22(27)25(24)32-17-19-10-5-4-6-11-19)13-21(16-28)26(30)29-23-12-8-7-9-18(23)2/h4-15H,3,17H2,1-2H3,(H,29,30)/b21-13-. The van der Waals surface area contributed by atoms with Crippen LogP contribution in [0.5, 0.6) is 11.5 Å². The van der Waals surface area contributed by atoms with Crippen LogP contribution in [0, 0.1) is 21.8 Å². The van der Waals surface area contributed by atoms with Crippen LogP contribution in [0.2, 0.25) is 0 Å². The first-order valence-electron chi connectivity index (χ1n) is 10.1. The topological polar surface area (TPSA) is 71.3 Å². The molecule has 0 heterocycles. The van der Waals surface area contributed by atoms with Gasteiger partial charge in [-0.2, -0.15) is 5.26 Å². The van der Waals surface area contributed by atoms with Crippen LogP contribution in [0.1, 0.15) is 23.6 Å². The molecular formula is C26H23IN2O3. The summed E-state index contributed by atoms with van der Waals surface area (Å²) in [6.45, 7) is 4.67. The van der Waals surface area contributed by atoms with E-state index in [9.17, 15) is 10.1 Å². The number of hydrogen-bond acceptors (Lipinski definition) is 4. The van der Waals surface area contributed by atoms with Crippen molar-refractivity contribution in [1.82, 2.24) is 0 Å². The number of aryl methyl sites for hydroxylation is 1. The average molecular weight is 538 g/mol. The van der Waals surface area contributed by atoms with Gasteiger partial charge in [0.05, 0.1) is 10.2 Å². The van der Waals surface area contributed by atoms with Crippen molar-refractivity contribution in [2.45, 2.75) is 20.5 Å². The second kappa shape index (κ2) is 11.3. The number of nitrogens with one attached hydrogen (secondary N) is 1. The Morgan fingerprint density at radius 3 is 2.50 bits per heavy atom. The van der Waals surface area contributed by atoms with Gasteiger partial charge in [-0.15, -0.1) is 0 Å². The first kappa shape index (κ1) is 23.4. The summed E-state index contributed by atoms with van der Waals surface area (Å²) in [6, 6.07) is 23.0. The van der Waals surface area contributed by atoms with Crippen molar-refractivity contribution >= 4 is 40.3 Å². The minimum absolute atomic E-state index is 0.00413. The highest BCUT2D eigenvalue weighted by molar-refractivity contribution is 14.1. The summed E-state index contributed by atoms with van der Waals surface area (Å²) in [7, 11) is 0. The molecule has 0 aliphatic carbocycles. The number of carbonyl (C=O) groups is 1. The van der Waals surface area contributed by atoms with Gasteiger partial charge in [-0.25, -0.2) is 0 Å². The highest BCUT2D eigenvalue weighted by atomic mass is 127. The molecule has 162 valence electrons. The Morgan fingerprint density at radius 1 is 1.09 bits per heavy atom. The minimum atomic E-state index is -0.459. The largest absolute Gasteiger partial charge is 0.490 e. The maximum absolute atomic E-state index is 12.7. The Kier molecular flexibility index (Phi) is 8.28. The SMILES string of the molecule is CCOc1cc(/C=C(/C#N)C(=O)Nc2ccccc2C)cc(I)c1OCc1ccccc1. The van der Waals surface area contributed by atoms with Crippen LogP contribution in [-0.2, 0) is 11.4 Å². The highest BCUT2D eigenvalue weighted by Gasteiger charge is 2.15. The molecule has 0 aromatic heterocycles. The smallest absolute Gasteiger partial charge is 0.266 e. The number of rotatable bonds is 8. The second-order valence-electron chi connectivity index (χ2n) is 6.98. The third-order valence-corrected chi connectivity index (χ3v) is 5.43. The van der Waals surface area contributed by atoms with Crippen LogP contribution in [0.15, 0.2) is 72.3 Å². The molecule has 1 amide bonds. The molecule has 0 aliphatic heterocycles. The van der Waals surface area contributed by atoms with Crippen molar-refractivity contribution in [3.8, 4) is 17.6 Å². The van der Waals surface area contributed by atoms with Gasteiger partial charge in [-0.1, -0.05) is 48.5 Å². The Morgan fingerprint density at radius 2 is 1.81 bits per heavy atom. The van der Waals surface area contributed by atoms with E-state index in [1.165, 1.54) is 0 Å². The van der Waals surface area contributed by atoms with Crippen molar-refractivity contribution in [2.75, 3.05) is 11.9 Å². The molecule has 0 atom stereocenters. The predicted octanol–water partition coefficient (Wildman–Crippen LogP) is 6.12. The molecule has 1 N–H and O–H groups in total. The van der Waals surface area contributed by atoms with Crippen LogP contribution >= 0.6 is 22.6 Å². The fraction of sp³-hybridized carbons (Fsp3) is 0.154. The van der Waals surface area contributed by atoms with Crippen molar-refractivity contribution in [3.05, 3.63) is 92.6 Å². The molecule has 3 rings (SSSR count). The average Bonchev–Trinajstić information content (AvgIpc) is 2.79. The molecule has 0 spiro atoms. The van der Waals surface area contributed by atoms with Crippen LogP contribution < -0.4 is 14.8 Å². The lowest BCUT2D eigenvalue weighted by Crippen LogP contribution is -2.14. The van der Waals surface area contributed by atoms with Crippen LogP contribution in [0.3, 0.4) is 0 Å². The second-order valence-corrected chi connectivity index (χ2v) is 8.14. The van der Waals surface area contributed by atoms with Crippen LogP contribution in [0.4, 0.5) is 5.69 Å². The quantitative estimate of drug-likeness (QED) is 0.213. The van der Waals surface area contributed by atoms with E-state index in [1.54, 1.807) is 18.2 Å². The van der Waals surface area contributed by atoms with Gasteiger partial charge < -0.3 is 14.8 Å². The number of anilines is 1. The number of benzene rings is 3. The van der Waals surface area contributed by atoms with E-state index in [-0.39, 0.29) is 5.57 Å². The monoisotopic (exact) mass is 538 g/mol. The van der Waals surface area contributed by atoms with Crippen molar-refractivity contribution in [3.63, 3.8) is 0 Å². The van der Waals surface area contributed by atoms with E-state index in [4.69, 9.17) is 9.47 Å². The lowest BCUT2D eigenvalue weighted by molar-refractivity contribution is -0.112. The number of para-hydroxylation sites is 1. The molecule has 5 nitrogen and oxygen atoms in total. The van der Waals surface area contributed by atoms with Gasteiger partial charge in [0.1, 0.15) is 18.2 Å². The third kappa shape index (κ3) is 6.11. The maximum atomic E-state index is 12.7. The minimum Gasteiger partial charge on any atom is -0.490 e. The molecule has 32 heavy (non-hydrogen) atoms. The molecular weight excluding hydrogens is 515 g/mol. The zero-order valence-corrected chi connectivity index (χ0v) is 20.0. The molecule has 0 aliphatic rings. The van der Waals surface area contributed by atoms with E-state index in [0.717, 1.165) is 14.7 Å². The molecule has 0 unspecified atom stereocenters. The first-order valence-corrected chi connectivity index (χ1v) is 11.2. The van der Waals surface area contributed by atoms with E-state index < -0.39 is 5.91 Å². The summed E-state index contributed by atoms with van der Waals surface area (Å²) in [4.78, 5) is 12.7. The molecule has 0 saturated heterocycles. The van der Waals surface area contributed by atoms with Gasteiger partial charge in [0, 0.05) is 5.69 Å². The normalized spacial score (nSPS) is 10.9. The van der Waals surface area contributed by atoms with Crippen LogP contribution in [0.25, 0.3) is 6.08 Å². The zero-order valence-electron chi connectivity index (χ0n) is 17.9. The van der Waals surface area contributed by atoms with Gasteiger partial charge in [0.15, 0.2) is 11.5 Å². The summed E-state index contributed by atoms with van der Waals surface area (Å²) in [5, 5.41) is 12.4. The van der Waals surface area contributed by atoms with E-state index in [0.29, 0.717) is 36.0 Å². The zero-order chi connectivity index (χ0) is 22.9. The number of amides is 1. The van der Waals surface area contributed by atoms with E-state index in [1.807, 2.05) is 74.5 Å². The maximum Gasteiger partial charge on any atom is 0.266 e.